The van der Waals surface area contributed by atoms with Crippen LogP contribution in [0.4, 0.5) is 9.59 Å². The van der Waals surface area contributed by atoms with Gasteiger partial charge in [0.05, 0.1) is 12.6 Å². The molecule has 12 heteroatoms. The number of urea groups is 1. The van der Waals surface area contributed by atoms with Crippen molar-refractivity contribution < 1.29 is 35.2 Å². The Hall–Kier alpha value is -4.09. The van der Waals surface area contributed by atoms with Crippen LogP contribution in [-0.2, 0) is 25.5 Å². The lowest BCUT2D eigenvalue weighted by molar-refractivity contribution is -0.142. The van der Waals surface area contributed by atoms with Crippen LogP contribution in [0, 0.1) is 5.41 Å². The summed E-state index contributed by atoms with van der Waals surface area (Å²) in [7, 11) is 1.26. The van der Waals surface area contributed by atoms with Crippen LogP contribution in [0.2, 0.25) is 0 Å². The molecule has 0 saturated carbocycles. The average Bonchev–Trinajstić information content (AvgIpc) is 3.42. The zero-order valence-electron chi connectivity index (χ0n) is 29.6. The van der Waals surface area contributed by atoms with E-state index in [0.29, 0.717) is 29.3 Å². The molecule has 0 spiro atoms. The van der Waals surface area contributed by atoms with E-state index in [1.807, 2.05) is 34.6 Å². The van der Waals surface area contributed by atoms with Gasteiger partial charge in [-0.15, -0.1) is 0 Å². The molecular weight excluding hydrogens is 602 g/mol. The molecule has 5 atom stereocenters. The number of likely N-dealkylation sites (tertiary alicyclic amines) is 1. The topological polar surface area (TPSA) is 159 Å². The number of carbonyl (C=O) groups excluding carboxylic acids is 4. The molecule has 4 amide bonds. The van der Waals surface area contributed by atoms with Crippen molar-refractivity contribution in [3.63, 3.8) is 0 Å². The number of amides is 4. The van der Waals surface area contributed by atoms with Gasteiger partial charge in [0.15, 0.2) is 0 Å². The number of para-hydroxylation sites is 1. The van der Waals surface area contributed by atoms with Crippen LogP contribution in [0.3, 0.4) is 0 Å². The van der Waals surface area contributed by atoms with E-state index < -0.39 is 53.4 Å². The quantitative estimate of drug-likeness (QED) is 0.230. The SMILES string of the molecule is [2H]C[C@@H]1CCC[C@H](CC)N1C(=O)N[C@@H](CC(C)(C)C)C(=O)N[C@H](Cc1cn(C(=O)OC)c2ccccc12)C(=O)N[C@H](CCCC)C(=O)O. The standard InChI is InChI=1S/C35H53N5O7/c1-8-10-17-26(32(43)44)36-30(41)27(19-23-21-39(34(46)47-7)29-18-12-11-16-25(23)29)37-31(42)28(20-35(4,5)6)38-33(45)40-22(3)14-13-15-24(40)9-2/h11-12,16,18,21-22,24,26-28H,8-10,13-15,17,19-20H2,1-7H3,(H,36,41)(H,37,42)(H,38,45)(H,43,44)/t22-,24+,26-,27-,28+/m1/s1/i3D. The Morgan fingerprint density at radius 3 is 2.32 bits per heavy atom. The summed E-state index contributed by atoms with van der Waals surface area (Å²) in [5.41, 5.74) is 0.715. The average molecular weight is 657 g/mol. The van der Waals surface area contributed by atoms with Crippen LogP contribution in [0.15, 0.2) is 30.5 Å². The highest BCUT2D eigenvalue weighted by molar-refractivity contribution is 5.95. The number of aliphatic carboxylic acids is 1. The van der Waals surface area contributed by atoms with Crippen LogP contribution in [0.1, 0.15) is 99.8 Å². The summed E-state index contributed by atoms with van der Waals surface area (Å²) in [5.74, 6) is -2.47. The third-order valence-electron chi connectivity index (χ3n) is 8.68. The number of hydrogen-bond donors (Lipinski definition) is 4. The van der Waals surface area contributed by atoms with E-state index in [2.05, 4.69) is 16.0 Å². The van der Waals surface area contributed by atoms with Crippen molar-refractivity contribution >= 4 is 40.8 Å². The molecule has 1 fully saturated rings. The number of carbonyl (C=O) groups is 5. The maximum absolute atomic E-state index is 14.1. The van der Waals surface area contributed by atoms with Crippen LogP contribution in [0.25, 0.3) is 10.9 Å². The first kappa shape index (κ1) is 35.8. The molecular formula is C35H53N5O7. The molecule has 1 aromatic heterocycles. The first-order chi connectivity index (χ1) is 22.7. The van der Waals surface area contributed by atoms with Crippen LogP contribution in [0.5, 0.6) is 0 Å². The highest BCUT2D eigenvalue weighted by Crippen LogP contribution is 2.27. The third-order valence-corrected chi connectivity index (χ3v) is 8.68. The summed E-state index contributed by atoms with van der Waals surface area (Å²) in [6.45, 7) is 9.81. The molecule has 3 rings (SSSR count). The molecule has 1 aliphatic rings. The number of ether oxygens (including phenoxy) is 1. The lowest BCUT2D eigenvalue weighted by atomic mass is 9.87. The number of hydrogen-bond acceptors (Lipinski definition) is 6. The van der Waals surface area contributed by atoms with E-state index in [0.717, 1.165) is 25.7 Å². The number of fused-ring (bicyclic) bond motifs is 1. The van der Waals surface area contributed by atoms with Gasteiger partial charge in [-0.2, -0.15) is 0 Å². The minimum absolute atomic E-state index is 0.0471. The molecule has 1 saturated heterocycles. The fraction of sp³-hybridized carbons (Fsp3) is 0.629. The molecule has 0 unspecified atom stereocenters. The minimum Gasteiger partial charge on any atom is -0.480 e. The van der Waals surface area contributed by atoms with E-state index in [9.17, 15) is 29.1 Å². The number of piperidine rings is 1. The fourth-order valence-electron chi connectivity index (χ4n) is 6.24. The molecule has 260 valence electrons. The Labute approximate surface area is 279 Å². The monoisotopic (exact) mass is 656 g/mol. The van der Waals surface area contributed by atoms with Gasteiger partial charge < -0.3 is 30.7 Å². The van der Waals surface area contributed by atoms with Crippen molar-refractivity contribution in [3.05, 3.63) is 36.0 Å². The van der Waals surface area contributed by atoms with Gasteiger partial charge in [-0.25, -0.2) is 14.4 Å². The normalized spacial score (nSPS) is 18.9. The number of nitrogens with zero attached hydrogens (tertiary/aromatic N) is 2. The van der Waals surface area contributed by atoms with Crippen LogP contribution in [-0.4, -0.2) is 81.8 Å². The third kappa shape index (κ3) is 9.95. The Bertz CT molecular complexity index is 1430. The van der Waals surface area contributed by atoms with Gasteiger partial charge in [0.1, 0.15) is 18.1 Å². The fourth-order valence-corrected chi connectivity index (χ4v) is 6.24. The second kappa shape index (κ2) is 16.6. The van der Waals surface area contributed by atoms with Crippen molar-refractivity contribution in [2.75, 3.05) is 7.11 Å². The Kier molecular flexibility index (Phi) is 12.7. The van der Waals surface area contributed by atoms with E-state index in [-0.39, 0.29) is 38.2 Å². The van der Waals surface area contributed by atoms with Gasteiger partial charge in [0.25, 0.3) is 0 Å². The number of benzene rings is 1. The number of nitrogens with one attached hydrogen (secondary N) is 3. The number of carboxylic acids is 1. The molecule has 1 aliphatic heterocycles. The van der Waals surface area contributed by atoms with Gasteiger partial charge in [-0.1, -0.05) is 65.7 Å². The predicted octanol–water partition coefficient (Wildman–Crippen LogP) is 5.21. The second-order valence-electron chi connectivity index (χ2n) is 13.6. The Morgan fingerprint density at radius 1 is 1.02 bits per heavy atom. The van der Waals surface area contributed by atoms with E-state index in [1.165, 1.54) is 11.7 Å². The van der Waals surface area contributed by atoms with E-state index >= 15 is 0 Å². The van der Waals surface area contributed by atoms with Gasteiger partial charge in [0.2, 0.25) is 11.8 Å². The van der Waals surface area contributed by atoms with Crippen molar-refractivity contribution in [1.29, 1.82) is 0 Å². The molecule has 12 nitrogen and oxygen atoms in total. The smallest absolute Gasteiger partial charge is 0.418 e. The summed E-state index contributed by atoms with van der Waals surface area (Å²) in [6, 6.07) is 2.92. The Morgan fingerprint density at radius 2 is 1.70 bits per heavy atom. The zero-order valence-corrected chi connectivity index (χ0v) is 28.6. The summed E-state index contributed by atoms with van der Waals surface area (Å²) in [4.78, 5) is 68.0. The molecule has 0 radical (unpaired) electrons. The largest absolute Gasteiger partial charge is 0.480 e. The minimum atomic E-state index is -1.24. The first-order valence-electron chi connectivity index (χ1n) is 17.3. The number of unbranched alkanes of at least 4 members (excludes halogenated alkanes) is 1. The van der Waals surface area contributed by atoms with E-state index in [1.54, 1.807) is 35.4 Å². The van der Waals surface area contributed by atoms with Crippen molar-refractivity contribution in [2.24, 2.45) is 5.41 Å². The molecule has 2 heterocycles. The van der Waals surface area contributed by atoms with Crippen molar-refractivity contribution in [1.82, 2.24) is 25.4 Å². The Balaban J connectivity index is 1.98. The zero-order chi connectivity index (χ0) is 35.6. The summed E-state index contributed by atoms with van der Waals surface area (Å²) < 4.78 is 14.3. The number of rotatable bonds is 13. The van der Waals surface area contributed by atoms with Crippen molar-refractivity contribution in [2.45, 2.75) is 130 Å². The van der Waals surface area contributed by atoms with Gasteiger partial charge in [-0.05, 0) is 62.5 Å². The number of methoxy groups -OCH3 is 1. The van der Waals surface area contributed by atoms with E-state index in [4.69, 9.17) is 6.11 Å². The number of carboxylic acid groups (broad SMARTS) is 1. The van der Waals surface area contributed by atoms with Gasteiger partial charge in [-0.3, -0.25) is 14.2 Å². The molecule has 0 aliphatic carbocycles. The van der Waals surface area contributed by atoms with Crippen molar-refractivity contribution in [3.8, 4) is 0 Å². The maximum Gasteiger partial charge on any atom is 0.418 e. The first-order valence-corrected chi connectivity index (χ1v) is 16.6. The molecule has 1 aromatic carbocycles. The van der Waals surface area contributed by atoms with Gasteiger partial charge in [0, 0.05) is 31.5 Å². The van der Waals surface area contributed by atoms with Crippen LogP contribution >= 0.6 is 0 Å². The molecule has 4 N–H and O–H groups in total. The molecule has 2 aromatic rings. The summed E-state index contributed by atoms with van der Waals surface area (Å²) in [6.07, 6.45) is 5.83. The maximum atomic E-state index is 14.1. The molecule has 47 heavy (non-hydrogen) atoms. The molecule has 0 bridgehead atoms. The van der Waals surface area contributed by atoms with Crippen LogP contribution < -0.4 is 16.0 Å². The second-order valence-corrected chi connectivity index (χ2v) is 13.6. The highest BCUT2D eigenvalue weighted by atomic mass is 16.5. The summed E-state index contributed by atoms with van der Waals surface area (Å²) in [5, 5.41) is 18.8. The lowest BCUT2D eigenvalue weighted by Gasteiger charge is -2.41. The highest BCUT2D eigenvalue weighted by Gasteiger charge is 2.36. The van der Waals surface area contributed by atoms with Gasteiger partial charge >= 0.3 is 18.1 Å². The number of aromatic nitrogens is 1. The lowest BCUT2D eigenvalue weighted by Crippen LogP contribution is -2.60. The predicted molar refractivity (Wildman–Crippen MR) is 180 cm³/mol. The summed E-state index contributed by atoms with van der Waals surface area (Å²) >= 11 is 0.